The van der Waals surface area contributed by atoms with Gasteiger partial charge in [-0.15, -0.1) is 11.6 Å². The number of hydrogen-bond donors (Lipinski definition) is 1. The van der Waals surface area contributed by atoms with Crippen LogP contribution in [0.1, 0.15) is 42.6 Å². The van der Waals surface area contributed by atoms with Gasteiger partial charge < -0.3 is 10.2 Å². The number of halogens is 1. The molecule has 0 heterocycles. The van der Waals surface area contributed by atoms with Crippen LogP contribution >= 0.6 is 11.6 Å². The summed E-state index contributed by atoms with van der Waals surface area (Å²) in [5, 5.41) is 3.06. The molecule has 1 amide bonds. The Balaban J connectivity index is 2.68. The van der Waals surface area contributed by atoms with Gasteiger partial charge in [0.2, 0.25) is 0 Å². The molecule has 0 spiro atoms. The molecule has 0 aliphatic rings. The molecule has 0 saturated heterocycles. The highest BCUT2D eigenvalue weighted by Crippen LogP contribution is 2.16. The van der Waals surface area contributed by atoms with Gasteiger partial charge in [0, 0.05) is 24.0 Å². The van der Waals surface area contributed by atoms with Gasteiger partial charge >= 0.3 is 0 Å². The van der Waals surface area contributed by atoms with Gasteiger partial charge in [-0.1, -0.05) is 38.8 Å². The molecule has 1 rings (SSSR count). The summed E-state index contributed by atoms with van der Waals surface area (Å²) in [5.74, 6) is 0.990. The van der Waals surface area contributed by atoms with Crippen LogP contribution in [0, 0.1) is 5.92 Å². The number of benzene rings is 1. The second kappa shape index (κ2) is 9.06. The van der Waals surface area contributed by atoms with Crippen LogP contribution in [0.5, 0.6) is 0 Å². The summed E-state index contributed by atoms with van der Waals surface area (Å²) >= 11 is 5.81. The van der Waals surface area contributed by atoms with E-state index in [9.17, 15) is 4.79 Å². The Morgan fingerprint density at radius 3 is 2.48 bits per heavy atom. The highest BCUT2D eigenvalue weighted by atomic mass is 35.5. The fourth-order valence-electron chi connectivity index (χ4n) is 2.70. The van der Waals surface area contributed by atoms with Crippen molar-refractivity contribution >= 4 is 17.5 Å². The van der Waals surface area contributed by atoms with Crippen molar-refractivity contribution in [1.82, 2.24) is 10.2 Å². The Morgan fingerprint density at radius 1 is 1.29 bits per heavy atom. The van der Waals surface area contributed by atoms with Crippen molar-refractivity contribution in [3.8, 4) is 0 Å². The maximum absolute atomic E-state index is 12.3. The van der Waals surface area contributed by atoms with Crippen LogP contribution in [0.15, 0.2) is 24.3 Å². The van der Waals surface area contributed by atoms with Crippen LogP contribution in [-0.4, -0.2) is 37.5 Å². The lowest BCUT2D eigenvalue weighted by Gasteiger charge is -2.31. The van der Waals surface area contributed by atoms with E-state index in [1.165, 1.54) is 0 Å². The zero-order valence-corrected chi connectivity index (χ0v) is 14.3. The molecule has 0 radical (unpaired) electrons. The minimum atomic E-state index is -0.0280. The van der Waals surface area contributed by atoms with Gasteiger partial charge in [0.25, 0.3) is 5.91 Å². The van der Waals surface area contributed by atoms with Crippen LogP contribution in [0.3, 0.4) is 0 Å². The lowest BCUT2D eigenvalue weighted by Crippen LogP contribution is -2.44. The molecule has 4 heteroatoms. The van der Waals surface area contributed by atoms with Crippen molar-refractivity contribution in [2.45, 2.75) is 38.6 Å². The van der Waals surface area contributed by atoms with Crippen LogP contribution in [0.4, 0.5) is 0 Å². The van der Waals surface area contributed by atoms with Crippen molar-refractivity contribution in [3.63, 3.8) is 0 Å². The molecule has 0 aliphatic carbocycles. The first kappa shape index (κ1) is 18.0. The standard InChI is InChI=1S/C17H27ClN2O/c1-5-14(6-2)16(20(3)4)12-19-17(21)15-9-7-8-13(10-15)11-18/h7-10,14,16H,5-6,11-12H2,1-4H3,(H,19,21). The molecule has 118 valence electrons. The molecule has 0 bridgehead atoms. The monoisotopic (exact) mass is 310 g/mol. The summed E-state index contributed by atoms with van der Waals surface area (Å²) in [6, 6.07) is 7.84. The van der Waals surface area contributed by atoms with Gasteiger partial charge in [0.15, 0.2) is 0 Å². The number of rotatable bonds is 8. The third kappa shape index (κ3) is 5.33. The smallest absolute Gasteiger partial charge is 0.251 e. The molecule has 0 aliphatic heterocycles. The van der Waals surface area contributed by atoms with E-state index in [4.69, 9.17) is 11.6 Å². The fourth-order valence-corrected chi connectivity index (χ4v) is 2.86. The average Bonchev–Trinajstić information content (AvgIpc) is 2.50. The molecule has 1 N–H and O–H groups in total. The molecular formula is C17H27ClN2O. The lowest BCUT2D eigenvalue weighted by molar-refractivity contribution is 0.0928. The third-order valence-electron chi connectivity index (χ3n) is 4.07. The molecule has 1 unspecified atom stereocenters. The first-order valence-corrected chi connectivity index (χ1v) is 8.16. The molecule has 21 heavy (non-hydrogen) atoms. The van der Waals surface area contributed by atoms with E-state index in [0.717, 1.165) is 18.4 Å². The molecule has 3 nitrogen and oxygen atoms in total. The van der Waals surface area contributed by atoms with E-state index in [0.29, 0.717) is 29.9 Å². The first-order valence-electron chi connectivity index (χ1n) is 7.62. The van der Waals surface area contributed by atoms with E-state index >= 15 is 0 Å². The van der Waals surface area contributed by atoms with Crippen molar-refractivity contribution < 1.29 is 4.79 Å². The lowest BCUT2D eigenvalue weighted by atomic mass is 9.93. The van der Waals surface area contributed by atoms with E-state index < -0.39 is 0 Å². The number of nitrogens with one attached hydrogen (secondary N) is 1. The SMILES string of the molecule is CCC(CC)C(CNC(=O)c1cccc(CCl)c1)N(C)C. The normalized spacial score (nSPS) is 12.7. The summed E-state index contributed by atoms with van der Waals surface area (Å²) in [6.45, 7) is 5.08. The Kier molecular flexibility index (Phi) is 7.76. The number of amides is 1. The summed E-state index contributed by atoms with van der Waals surface area (Å²) in [4.78, 5) is 14.5. The highest BCUT2D eigenvalue weighted by molar-refractivity contribution is 6.17. The van der Waals surface area contributed by atoms with Gasteiger partial charge in [-0.2, -0.15) is 0 Å². The fraction of sp³-hybridized carbons (Fsp3) is 0.588. The Hall–Kier alpha value is -1.06. The van der Waals surface area contributed by atoms with Crippen molar-refractivity contribution in [2.75, 3.05) is 20.6 Å². The summed E-state index contributed by atoms with van der Waals surface area (Å²) in [5.41, 5.74) is 1.64. The number of likely N-dealkylation sites (N-methyl/N-ethyl adjacent to an activating group) is 1. The van der Waals surface area contributed by atoms with Gasteiger partial charge in [-0.25, -0.2) is 0 Å². The Morgan fingerprint density at radius 2 is 1.95 bits per heavy atom. The molecule has 0 aromatic heterocycles. The highest BCUT2D eigenvalue weighted by Gasteiger charge is 2.21. The summed E-state index contributed by atoms with van der Waals surface area (Å²) in [6.07, 6.45) is 2.24. The first-order chi connectivity index (χ1) is 10.0. The topological polar surface area (TPSA) is 32.3 Å². The van der Waals surface area contributed by atoms with Gasteiger partial charge in [0.05, 0.1) is 0 Å². The minimum absolute atomic E-state index is 0.0280. The number of hydrogen-bond acceptors (Lipinski definition) is 2. The molecule has 1 atom stereocenters. The third-order valence-corrected chi connectivity index (χ3v) is 4.38. The number of carbonyl (C=O) groups is 1. The van der Waals surface area contributed by atoms with Crippen molar-refractivity contribution in [1.29, 1.82) is 0 Å². The van der Waals surface area contributed by atoms with E-state index in [1.807, 2.05) is 24.3 Å². The zero-order chi connectivity index (χ0) is 15.8. The molecule has 0 fully saturated rings. The molecule has 0 saturated carbocycles. The summed E-state index contributed by atoms with van der Waals surface area (Å²) < 4.78 is 0. The van der Waals surface area contributed by atoms with Crippen molar-refractivity contribution in [3.05, 3.63) is 35.4 Å². The largest absolute Gasteiger partial charge is 0.350 e. The van der Waals surface area contributed by atoms with Crippen LogP contribution < -0.4 is 5.32 Å². The maximum Gasteiger partial charge on any atom is 0.251 e. The number of carbonyl (C=O) groups excluding carboxylic acids is 1. The van der Waals surface area contributed by atoms with Gasteiger partial charge in [-0.05, 0) is 37.7 Å². The van der Waals surface area contributed by atoms with Crippen molar-refractivity contribution in [2.24, 2.45) is 5.92 Å². The Labute approximate surface area is 133 Å². The van der Waals surface area contributed by atoms with E-state index in [1.54, 1.807) is 0 Å². The number of alkyl halides is 1. The second-order valence-electron chi connectivity index (χ2n) is 5.65. The summed E-state index contributed by atoms with van der Waals surface area (Å²) in [7, 11) is 4.15. The molecule has 1 aromatic carbocycles. The van der Waals surface area contributed by atoms with Gasteiger partial charge in [0.1, 0.15) is 0 Å². The molecule has 1 aromatic rings. The van der Waals surface area contributed by atoms with Crippen LogP contribution in [0.25, 0.3) is 0 Å². The Bertz CT molecular complexity index is 444. The average molecular weight is 311 g/mol. The van der Waals surface area contributed by atoms with E-state index in [2.05, 4.69) is 38.2 Å². The minimum Gasteiger partial charge on any atom is -0.350 e. The number of nitrogens with zero attached hydrogens (tertiary/aromatic N) is 1. The van der Waals surface area contributed by atoms with E-state index in [-0.39, 0.29) is 5.91 Å². The predicted octanol–water partition coefficient (Wildman–Crippen LogP) is 3.52. The zero-order valence-electron chi connectivity index (χ0n) is 13.5. The predicted molar refractivity (Wildman–Crippen MR) is 89.9 cm³/mol. The maximum atomic E-state index is 12.3. The quantitative estimate of drug-likeness (QED) is 0.745. The van der Waals surface area contributed by atoms with Crippen LogP contribution in [-0.2, 0) is 5.88 Å². The second-order valence-corrected chi connectivity index (χ2v) is 5.92. The van der Waals surface area contributed by atoms with Crippen LogP contribution in [0.2, 0.25) is 0 Å². The van der Waals surface area contributed by atoms with Gasteiger partial charge in [-0.3, -0.25) is 4.79 Å². The molecular weight excluding hydrogens is 284 g/mol.